The summed E-state index contributed by atoms with van der Waals surface area (Å²) in [7, 11) is -2.03. The van der Waals surface area contributed by atoms with Gasteiger partial charge in [0.15, 0.2) is 0 Å². The second-order valence-corrected chi connectivity index (χ2v) is 7.20. The summed E-state index contributed by atoms with van der Waals surface area (Å²) in [6.45, 7) is 1.89. The van der Waals surface area contributed by atoms with Crippen LogP contribution in [0.4, 0.5) is 0 Å². The average molecular weight is 361 g/mol. The van der Waals surface area contributed by atoms with Gasteiger partial charge in [-0.3, -0.25) is 4.79 Å². The smallest absolute Gasteiger partial charge is 0.254 e. The largest absolute Gasteiger partial charge is 0.467 e. The zero-order valence-electron chi connectivity index (χ0n) is 14.0. The van der Waals surface area contributed by atoms with Gasteiger partial charge in [0.1, 0.15) is 5.76 Å². The van der Waals surface area contributed by atoms with Crippen LogP contribution in [0.15, 0.2) is 52.0 Å². The third-order valence-corrected chi connectivity index (χ3v) is 5.27. The molecule has 0 aliphatic heterocycles. The number of carbonyl (C=O) groups is 1. The van der Waals surface area contributed by atoms with Crippen LogP contribution in [0, 0.1) is 11.3 Å². The summed E-state index contributed by atoms with van der Waals surface area (Å²) in [6, 6.07) is 10.8. The number of nitriles is 1. The lowest BCUT2D eigenvalue weighted by Crippen LogP contribution is -2.29. The van der Waals surface area contributed by atoms with Crippen LogP contribution in [0.3, 0.4) is 0 Å². The summed E-state index contributed by atoms with van der Waals surface area (Å²) in [4.78, 5) is 14.1. The molecule has 25 heavy (non-hydrogen) atoms. The fourth-order valence-electron chi connectivity index (χ4n) is 2.20. The third kappa shape index (κ3) is 4.47. The Bertz CT molecular complexity index is 852. The van der Waals surface area contributed by atoms with Crippen LogP contribution in [0.2, 0.25) is 0 Å². The van der Waals surface area contributed by atoms with Crippen LogP contribution in [0.25, 0.3) is 0 Å². The van der Waals surface area contributed by atoms with Gasteiger partial charge >= 0.3 is 0 Å². The first-order valence-corrected chi connectivity index (χ1v) is 9.12. The molecule has 0 saturated heterocycles. The molecule has 132 valence electrons. The fraction of sp³-hybridized carbons (Fsp3) is 0.294. The van der Waals surface area contributed by atoms with Gasteiger partial charge in [-0.05, 0) is 43.3 Å². The summed E-state index contributed by atoms with van der Waals surface area (Å²) in [6.07, 6.45) is 1.63. The van der Waals surface area contributed by atoms with Crippen molar-refractivity contribution in [1.29, 1.82) is 5.26 Å². The number of amides is 1. The van der Waals surface area contributed by atoms with Crippen LogP contribution in [0.1, 0.15) is 35.5 Å². The Morgan fingerprint density at radius 2 is 2.00 bits per heavy atom. The number of rotatable bonds is 7. The third-order valence-electron chi connectivity index (χ3n) is 3.80. The predicted octanol–water partition coefficient (Wildman–Crippen LogP) is 2.30. The van der Waals surface area contributed by atoms with Crippen molar-refractivity contribution in [3.05, 3.63) is 54.0 Å². The Balaban J connectivity index is 2.11. The average Bonchev–Trinajstić information content (AvgIpc) is 3.14. The molecule has 2 aromatic rings. The zero-order chi connectivity index (χ0) is 18.4. The normalized spacial score (nSPS) is 12.4. The SMILES string of the molecule is CC(c1ccco1)N(C)C(=O)c1ccc(S(=O)(=O)NCCC#N)cc1. The molecule has 0 spiro atoms. The van der Waals surface area contributed by atoms with Gasteiger partial charge in [0, 0.05) is 25.6 Å². The van der Waals surface area contributed by atoms with Gasteiger partial charge in [0.05, 0.1) is 23.3 Å². The van der Waals surface area contributed by atoms with Crippen molar-refractivity contribution >= 4 is 15.9 Å². The molecule has 1 aromatic carbocycles. The van der Waals surface area contributed by atoms with Crippen molar-refractivity contribution in [3.8, 4) is 6.07 Å². The summed E-state index contributed by atoms with van der Waals surface area (Å²) in [5.41, 5.74) is 0.372. The molecule has 0 fully saturated rings. The minimum Gasteiger partial charge on any atom is -0.467 e. The van der Waals surface area contributed by atoms with E-state index in [0.29, 0.717) is 11.3 Å². The van der Waals surface area contributed by atoms with E-state index in [0.717, 1.165) is 0 Å². The Hall–Kier alpha value is -2.63. The van der Waals surface area contributed by atoms with E-state index in [1.54, 1.807) is 25.4 Å². The number of hydrogen-bond acceptors (Lipinski definition) is 5. The summed E-state index contributed by atoms with van der Waals surface area (Å²) >= 11 is 0. The summed E-state index contributed by atoms with van der Waals surface area (Å²) < 4.78 is 31.7. The van der Waals surface area contributed by atoms with Crippen LogP contribution >= 0.6 is 0 Å². The van der Waals surface area contributed by atoms with Crippen molar-refractivity contribution in [2.75, 3.05) is 13.6 Å². The molecule has 0 radical (unpaired) electrons. The molecule has 1 aromatic heterocycles. The van der Waals surface area contributed by atoms with E-state index < -0.39 is 10.0 Å². The standard InChI is InChI=1S/C17H19N3O4S/c1-13(16-5-3-12-24-16)20(2)17(21)14-6-8-15(9-7-14)25(22,23)19-11-4-10-18/h3,5-9,12-13,19H,4,11H2,1-2H3. The Morgan fingerprint density at radius 3 is 2.56 bits per heavy atom. The van der Waals surface area contributed by atoms with Crippen molar-refractivity contribution in [2.45, 2.75) is 24.3 Å². The lowest BCUT2D eigenvalue weighted by Gasteiger charge is -2.23. The minimum absolute atomic E-state index is 0.0446. The maximum absolute atomic E-state index is 12.5. The topological polar surface area (TPSA) is 103 Å². The lowest BCUT2D eigenvalue weighted by atomic mass is 10.1. The molecule has 1 atom stereocenters. The molecule has 1 heterocycles. The van der Waals surface area contributed by atoms with Crippen molar-refractivity contribution in [1.82, 2.24) is 9.62 Å². The van der Waals surface area contributed by atoms with Gasteiger partial charge in [0.25, 0.3) is 5.91 Å². The van der Waals surface area contributed by atoms with E-state index in [-0.39, 0.29) is 29.8 Å². The summed E-state index contributed by atoms with van der Waals surface area (Å²) in [5, 5.41) is 8.46. The first-order valence-electron chi connectivity index (χ1n) is 7.64. The van der Waals surface area contributed by atoms with E-state index in [4.69, 9.17) is 9.68 Å². The molecule has 0 saturated carbocycles. The Morgan fingerprint density at radius 1 is 1.32 bits per heavy atom. The molecule has 1 amide bonds. The fourth-order valence-corrected chi connectivity index (χ4v) is 3.23. The summed E-state index contributed by atoms with van der Waals surface area (Å²) in [5.74, 6) is 0.419. The van der Waals surface area contributed by atoms with Crippen LogP contribution < -0.4 is 4.72 Å². The Labute approximate surface area is 146 Å². The van der Waals surface area contributed by atoms with Gasteiger partial charge in [-0.25, -0.2) is 13.1 Å². The zero-order valence-corrected chi connectivity index (χ0v) is 14.8. The maximum Gasteiger partial charge on any atom is 0.254 e. The molecule has 1 unspecified atom stereocenters. The molecule has 0 aliphatic carbocycles. The van der Waals surface area contributed by atoms with E-state index >= 15 is 0 Å². The number of nitrogens with one attached hydrogen (secondary N) is 1. The monoisotopic (exact) mass is 361 g/mol. The number of nitrogens with zero attached hydrogens (tertiary/aromatic N) is 2. The number of benzene rings is 1. The predicted molar refractivity (Wildman–Crippen MR) is 91.1 cm³/mol. The van der Waals surface area contributed by atoms with Crippen molar-refractivity contribution in [2.24, 2.45) is 0 Å². The highest BCUT2D eigenvalue weighted by Crippen LogP contribution is 2.21. The highest BCUT2D eigenvalue weighted by molar-refractivity contribution is 7.89. The van der Waals surface area contributed by atoms with Crippen LogP contribution in [-0.2, 0) is 10.0 Å². The molecule has 1 N–H and O–H groups in total. The Kier molecular flexibility index (Phi) is 5.96. The minimum atomic E-state index is -3.69. The first-order chi connectivity index (χ1) is 11.9. The number of hydrogen-bond donors (Lipinski definition) is 1. The van der Waals surface area contributed by atoms with Crippen LogP contribution in [-0.4, -0.2) is 32.8 Å². The molecule has 8 heteroatoms. The lowest BCUT2D eigenvalue weighted by molar-refractivity contribution is 0.0726. The molecular formula is C17H19N3O4S. The van der Waals surface area contributed by atoms with E-state index in [9.17, 15) is 13.2 Å². The van der Waals surface area contributed by atoms with E-state index in [1.165, 1.54) is 29.2 Å². The molecule has 0 bridgehead atoms. The van der Waals surface area contributed by atoms with Gasteiger partial charge in [0.2, 0.25) is 10.0 Å². The van der Waals surface area contributed by atoms with Gasteiger partial charge in [-0.15, -0.1) is 0 Å². The van der Waals surface area contributed by atoms with Crippen molar-refractivity contribution < 1.29 is 17.6 Å². The van der Waals surface area contributed by atoms with Gasteiger partial charge < -0.3 is 9.32 Å². The molecule has 0 aliphatic rings. The highest BCUT2D eigenvalue weighted by atomic mass is 32.2. The second-order valence-electron chi connectivity index (χ2n) is 5.44. The highest BCUT2D eigenvalue weighted by Gasteiger charge is 2.21. The van der Waals surface area contributed by atoms with E-state index in [2.05, 4.69) is 4.72 Å². The van der Waals surface area contributed by atoms with Gasteiger partial charge in [-0.1, -0.05) is 0 Å². The number of sulfonamides is 1. The maximum atomic E-state index is 12.5. The van der Waals surface area contributed by atoms with Crippen LogP contribution in [0.5, 0.6) is 0 Å². The molecule has 7 nitrogen and oxygen atoms in total. The van der Waals surface area contributed by atoms with Gasteiger partial charge in [-0.2, -0.15) is 5.26 Å². The molecule has 2 rings (SSSR count). The quantitative estimate of drug-likeness (QED) is 0.762. The van der Waals surface area contributed by atoms with E-state index in [1.807, 2.05) is 13.0 Å². The molecular weight excluding hydrogens is 342 g/mol. The number of furan rings is 1. The second kappa shape index (κ2) is 7.96. The number of carbonyl (C=O) groups excluding carboxylic acids is 1. The van der Waals surface area contributed by atoms with Crippen molar-refractivity contribution in [3.63, 3.8) is 0 Å². The first kappa shape index (κ1) is 18.7.